The summed E-state index contributed by atoms with van der Waals surface area (Å²) in [6.07, 6.45) is 0. The van der Waals surface area contributed by atoms with E-state index in [2.05, 4.69) is 0 Å². The van der Waals surface area contributed by atoms with E-state index in [1.807, 2.05) is 0 Å². The number of nitrogens with zero attached hydrogens (tertiary/aromatic N) is 1. The summed E-state index contributed by atoms with van der Waals surface area (Å²) in [5, 5.41) is 0. The minimum absolute atomic E-state index is 0.0355. The molecule has 14 heavy (non-hydrogen) atoms. The number of hydrogen-bond acceptors (Lipinski definition) is 3. The molecule has 0 atom stereocenters. The van der Waals surface area contributed by atoms with Crippen LogP contribution in [0.1, 0.15) is 13.8 Å². The minimum atomic E-state index is -3.26. The van der Waals surface area contributed by atoms with Crippen LogP contribution in [0, 0.1) is 0 Å². The molecular weight excluding hydrogens is 249 g/mol. The van der Waals surface area contributed by atoms with Gasteiger partial charge < -0.3 is 4.90 Å². The van der Waals surface area contributed by atoms with Crippen LogP contribution in [0.15, 0.2) is 0 Å². The number of amides is 1. The molecule has 0 radical (unpaired) electrons. The highest BCUT2D eigenvalue weighted by atomic mass is 35.5. The van der Waals surface area contributed by atoms with E-state index in [4.69, 9.17) is 23.2 Å². The van der Waals surface area contributed by atoms with E-state index in [0.717, 1.165) is 0 Å². The maximum atomic E-state index is 11.5. The van der Waals surface area contributed by atoms with Crippen LogP contribution >= 0.6 is 23.2 Å². The first kappa shape index (κ1) is 12.1. The lowest BCUT2D eigenvalue weighted by atomic mass is 10.3. The van der Waals surface area contributed by atoms with Crippen LogP contribution < -0.4 is 0 Å². The number of halogens is 2. The summed E-state index contributed by atoms with van der Waals surface area (Å²) >= 11 is 10.8. The van der Waals surface area contributed by atoms with Crippen molar-refractivity contribution in [2.45, 2.75) is 23.6 Å². The normalized spacial score (nSPS) is 24.2. The molecule has 4 nitrogen and oxygen atoms in total. The molecule has 1 fully saturated rings. The fraction of sp³-hybridized carbons (Fsp3) is 0.857. The van der Waals surface area contributed by atoms with Gasteiger partial charge in [0.15, 0.2) is 14.7 Å². The molecule has 0 bridgehead atoms. The first-order valence-electron chi connectivity index (χ1n) is 4.02. The van der Waals surface area contributed by atoms with Crippen molar-refractivity contribution in [3.05, 3.63) is 0 Å². The van der Waals surface area contributed by atoms with E-state index in [-0.39, 0.29) is 12.3 Å². The summed E-state index contributed by atoms with van der Waals surface area (Å²) in [4.78, 5) is 10.2. The Balaban J connectivity index is 3.02. The molecule has 1 aliphatic heterocycles. The number of alkyl halides is 2. The predicted octanol–water partition coefficient (Wildman–Crippen LogP) is 0.783. The number of carbonyl (C=O) groups excluding carboxylic acids is 1. The number of hydrogen-bond donors (Lipinski definition) is 0. The Morgan fingerprint density at radius 3 is 2.21 bits per heavy atom. The standard InChI is InChI=1S/C7H11Cl2NO3S/c1-7(2)10(6(11)5(8)9)3-4-14(7,12)13/h5H,3-4H2,1-2H3. The van der Waals surface area contributed by atoms with Crippen LogP contribution in [0.4, 0.5) is 0 Å². The molecule has 0 aromatic carbocycles. The zero-order valence-corrected chi connectivity index (χ0v) is 10.2. The monoisotopic (exact) mass is 259 g/mol. The molecule has 82 valence electrons. The van der Waals surface area contributed by atoms with Crippen molar-refractivity contribution in [2.24, 2.45) is 0 Å². The second-order valence-electron chi connectivity index (χ2n) is 3.56. The van der Waals surface area contributed by atoms with Crippen molar-refractivity contribution in [3.63, 3.8) is 0 Å². The van der Waals surface area contributed by atoms with E-state index < -0.39 is 25.5 Å². The average Bonchev–Trinajstić information content (AvgIpc) is 2.21. The van der Waals surface area contributed by atoms with Gasteiger partial charge in [-0.25, -0.2) is 8.42 Å². The third kappa shape index (κ3) is 1.73. The van der Waals surface area contributed by atoms with E-state index in [9.17, 15) is 13.2 Å². The number of carbonyl (C=O) groups is 1. The first-order valence-corrected chi connectivity index (χ1v) is 6.54. The van der Waals surface area contributed by atoms with Gasteiger partial charge in [0.1, 0.15) is 4.87 Å². The molecular formula is C7H11Cl2NO3S. The summed E-state index contributed by atoms with van der Waals surface area (Å²) in [6, 6.07) is 0. The van der Waals surface area contributed by atoms with Crippen molar-refractivity contribution < 1.29 is 13.2 Å². The lowest BCUT2D eigenvalue weighted by Crippen LogP contribution is -2.48. The minimum Gasteiger partial charge on any atom is -0.320 e. The number of rotatable bonds is 1. The van der Waals surface area contributed by atoms with E-state index in [1.54, 1.807) is 0 Å². The van der Waals surface area contributed by atoms with Gasteiger partial charge >= 0.3 is 0 Å². The molecule has 1 heterocycles. The fourth-order valence-corrected chi connectivity index (χ4v) is 3.07. The predicted molar refractivity (Wildman–Crippen MR) is 55.1 cm³/mol. The molecule has 1 amide bonds. The van der Waals surface area contributed by atoms with Gasteiger partial charge in [0.25, 0.3) is 5.91 Å². The highest BCUT2D eigenvalue weighted by Gasteiger charge is 2.48. The smallest absolute Gasteiger partial charge is 0.257 e. The summed E-state index contributed by atoms with van der Waals surface area (Å²) in [7, 11) is -3.26. The van der Waals surface area contributed by atoms with E-state index in [1.165, 1.54) is 18.7 Å². The van der Waals surface area contributed by atoms with Crippen LogP contribution in [-0.2, 0) is 14.6 Å². The average molecular weight is 260 g/mol. The summed E-state index contributed by atoms with van der Waals surface area (Å²) in [6.45, 7) is 3.11. The fourth-order valence-electron chi connectivity index (χ4n) is 1.39. The molecule has 1 rings (SSSR count). The van der Waals surface area contributed by atoms with Gasteiger partial charge in [0.2, 0.25) is 0 Å². The van der Waals surface area contributed by atoms with Gasteiger partial charge in [0.05, 0.1) is 5.75 Å². The zero-order chi connectivity index (χ0) is 11.1. The van der Waals surface area contributed by atoms with Crippen molar-refractivity contribution in [1.82, 2.24) is 4.90 Å². The highest BCUT2D eigenvalue weighted by molar-refractivity contribution is 7.93. The molecule has 0 aromatic heterocycles. The Hall–Kier alpha value is -0.000000000000000111. The quantitative estimate of drug-likeness (QED) is 0.655. The van der Waals surface area contributed by atoms with E-state index >= 15 is 0 Å². The molecule has 0 spiro atoms. The molecule has 1 saturated heterocycles. The van der Waals surface area contributed by atoms with Gasteiger partial charge in [-0.15, -0.1) is 0 Å². The lowest BCUT2D eigenvalue weighted by molar-refractivity contribution is -0.131. The van der Waals surface area contributed by atoms with Crippen molar-refractivity contribution >= 4 is 38.9 Å². The van der Waals surface area contributed by atoms with Gasteiger partial charge in [-0.3, -0.25) is 4.79 Å². The Labute approximate surface area is 93.1 Å². The third-order valence-corrected chi connectivity index (χ3v) is 5.28. The molecule has 1 aliphatic rings. The zero-order valence-electron chi connectivity index (χ0n) is 7.83. The molecule has 0 aromatic rings. The molecule has 0 saturated carbocycles. The summed E-state index contributed by atoms with van der Waals surface area (Å²) in [5.41, 5.74) is 0. The van der Waals surface area contributed by atoms with Crippen LogP contribution in [0.2, 0.25) is 0 Å². The summed E-state index contributed by atoms with van der Waals surface area (Å²) in [5.74, 6) is -0.592. The largest absolute Gasteiger partial charge is 0.320 e. The SMILES string of the molecule is CC1(C)N(C(=O)C(Cl)Cl)CCS1(=O)=O. The van der Waals surface area contributed by atoms with Crippen LogP contribution in [0.25, 0.3) is 0 Å². The van der Waals surface area contributed by atoms with E-state index in [0.29, 0.717) is 0 Å². The van der Waals surface area contributed by atoms with Crippen LogP contribution in [0.3, 0.4) is 0 Å². The Bertz CT molecular complexity index is 350. The Morgan fingerprint density at radius 2 is 1.93 bits per heavy atom. The molecule has 0 N–H and O–H groups in total. The van der Waals surface area contributed by atoms with Crippen molar-refractivity contribution in [1.29, 1.82) is 0 Å². The van der Waals surface area contributed by atoms with Crippen molar-refractivity contribution in [3.8, 4) is 0 Å². The van der Waals surface area contributed by atoms with Gasteiger partial charge in [-0.05, 0) is 13.8 Å². The molecule has 0 aliphatic carbocycles. The van der Waals surface area contributed by atoms with Crippen LogP contribution in [0.5, 0.6) is 0 Å². The lowest BCUT2D eigenvalue weighted by Gasteiger charge is -2.30. The molecule has 7 heteroatoms. The third-order valence-electron chi connectivity index (χ3n) is 2.45. The topological polar surface area (TPSA) is 54.5 Å². The molecule has 0 unspecified atom stereocenters. The van der Waals surface area contributed by atoms with Crippen LogP contribution in [-0.4, -0.2) is 41.2 Å². The number of sulfone groups is 1. The van der Waals surface area contributed by atoms with Gasteiger partial charge in [-0.2, -0.15) is 0 Å². The highest BCUT2D eigenvalue weighted by Crippen LogP contribution is 2.30. The Kier molecular flexibility index (Phi) is 3.05. The maximum Gasteiger partial charge on any atom is 0.257 e. The van der Waals surface area contributed by atoms with Gasteiger partial charge in [-0.1, -0.05) is 23.2 Å². The van der Waals surface area contributed by atoms with Crippen molar-refractivity contribution in [2.75, 3.05) is 12.3 Å². The Morgan fingerprint density at radius 1 is 1.43 bits per heavy atom. The first-order chi connectivity index (χ1) is 6.20. The second kappa shape index (κ2) is 3.54. The van der Waals surface area contributed by atoms with Gasteiger partial charge in [0, 0.05) is 6.54 Å². The second-order valence-corrected chi connectivity index (χ2v) is 7.29. The maximum absolute atomic E-state index is 11.5. The summed E-state index contributed by atoms with van der Waals surface area (Å²) < 4.78 is 23.1.